The van der Waals surface area contributed by atoms with Crippen molar-refractivity contribution in [2.75, 3.05) is 6.54 Å². The largest absolute Gasteiger partial charge is 0.480 e. The average molecular weight is 201 g/mol. The van der Waals surface area contributed by atoms with E-state index in [-0.39, 0.29) is 17.9 Å². The van der Waals surface area contributed by atoms with Gasteiger partial charge in [-0.05, 0) is 11.8 Å². The van der Waals surface area contributed by atoms with Gasteiger partial charge in [-0.2, -0.15) is 0 Å². The van der Waals surface area contributed by atoms with Gasteiger partial charge in [-0.3, -0.25) is 9.59 Å². The second kappa shape index (κ2) is 5.62. The van der Waals surface area contributed by atoms with Gasteiger partial charge in [-0.15, -0.1) is 0 Å². The van der Waals surface area contributed by atoms with Crippen LogP contribution in [0, 0.1) is 5.41 Å². The molecular weight excluding hydrogens is 182 g/mol. The zero-order valence-corrected chi connectivity index (χ0v) is 9.09. The van der Waals surface area contributed by atoms with Crippen LogP contribution in [0.1, 0.15) is 40.0 Å². The molecule has 0 aliphatic heterocycles. The summed E-state index contributed by atoms with van der Waals surface area (Å²) in [7, 11) is 0. The Kier molecular flexibility index (Phi) is 5.20. The van der Waals surface area contributed by atoms with Crippen molar-refractivity contribution < 1.29 is 14.7 Å². The van der Waals surface area contributed by atoms with E-state index in [1.165, 1.54) is 0 Å². The molecule has 0 aromatic heterocycles. The maximum atomic E-state index is 11.3. The Balaban J connectivity index is 3.86. The number of nitrogens with one attached hydrogen (secondary N) is 1. The molecule has 0 unspecified atom stereocenters. The molecule has 0 atom stereocenters. The Morgan fingerprint density at radius 3 is 2.36 bits per heavy atom. The monoisotopic (exact) mass is 201 g/mol. The molecule has 0 saturated heterocycles. The number of rotatable bonds is 6. The first-order valence-corrected chi connectivity index (χ1v) is 4.86. The maximum absolute atomic E-state index is 11.3. The number of carbonyl (C=O) groups is 2. The van der Waals surface area contributed by atoms with E-state index in [1.807, 2.05) is 13.8 Å². The first-order chi connectivity index (χ1) is 6.37. The third-order valence-electron chi connectivity index (χ3n) is 2.00. The summed E-state index contributed by atoms with van der Waals surface area (Å²) in [6.45, 7) is 5.80. The molecule has 0 aromatic carbocycles. The summed E-state index contributed by atoms with van der Waals surface area (Å²) in [6, 6.07) is 0. The minimum absolute atomic E-state index is 0.0443. The van der Waals surface area contributed by atoms with Crippen LogP contribution in [0.3, 0.4) is 0 Å². The highest BCUT2D eigenvalue weighted by molar-refractivity contribution is 5.81. The highest BCUT2D eigenvalue weighted by Crippen LogP contribution is 2.26. The van der Waals surface area contributed by atoms with Gasteiger partial charge in [-0.25, -0.2) is 0 Å². The molecule has 2 N–H and O–H groups in total. The topological polar surface area (TPSA) is 66.4 Å². The second-order valence-electron chi connectivity index (χ2n) is 4.26. The summed E-state index contributed by atoms with van der Waals surface area (Å²) in [5.41, 5.74) is -0.0443. The molecule has 0 fully saturated rings. The Hall–Kier alpha value is -1.06. The summed E-state index contributed by atoms with van der Waals surface area (Å²) in [5, 5.41) is 10.7. The lowest BCUT2D eigenvalue weighted by Crippen LogP contribution is -2.32. The average Bonchev–Trinajstić information content (AvgIpc) is 1.99. The lowest BCUT2D eigenvalue weighted by atomic mass is 9.84. The maximum Gasteiger partial charge on any atom is 0.322 e. The Morgan fingerprint density at radius 1 is 1.36 bits per heavy atom. The van der Waals surface area contributed by atoms with Crippen molar-refractivity contribution in [2.24, 2.45) is 5.41 Å². The normalized spacial score (nSPS) is 11.1. The minimum Gasteiger partial charge on any atom is -0.480 e. The Labute approximate surface area is 84.7 Å². The minimum atomic E-state index is -1.01. The van der Waals surface area contributed by atoms with E-state index >= 15 is 0 Å². The summed E-state index contributed by atoms with van der Waals surface area (Å²) in [5.74, 6) is -1.20. The zero-order chi connectivity index (χ0) is 11.2. The van der Waals surface area contributed by atoms with Gasteiger partial charge in [0.05, 0.1) is 0 Å². The van der Waals surface area contributed by atoms with Gasteiger partial charge in [0.1, 0.15) is 6.54 Å². The van der Waals surface area contributed by atoms with Gasteiger partial charge < -0.3 is 10.4 Å². The van der Waals surface area contributed by atoms with Crippen LogP contribution in [0.5, 0.6) is 0 Å². The number of carboxylic acid groups (broad SMARTS) is 1. The molecule has 0 radical (unpaired) electrons. The highest BCUT2D eigenvalue weighted by Gasteiger charge is 2.20. The summed E-state index contributed by atoms with van der Waals surface area (Å²) in [6.07, 6.45) is 2.38. The molecule has 0 aromatic rings. The van der Waals surface area contributed by atoms with Crippen LogP contribution in [0.15, 0.2) is 0 Å². The second-order valence-corrected chi connectivity index (χ2v) is 4.26. The Bertz CT molecular complexity index is 211. The van der Waals surface area contributed by atoms with Gasteiger partial charge in [-0.1, -0.05) is 27.2 Å². The third-order valence-corrected chi connectivity index (χ3v) is 2.00. The van der Waals surface area contributed by atoms with Crippen molar-refractivity contribution in [3.8, 4) is 0 Å². The van der Waals surface area contributed by atoms with Gasteiger partial charge in [0.25, 0.3) is 0 Å². The molecule has 82 valence electrons. The molecule has 14 heavy (non-hydrogen) atoms. The fourth-order valence-corrected chi connectivity index (χ4v) is 1.44. The first kappa shape index (κ1) is 12.9. The lowest BCUT2D eigenvalue weighted by Gasteiger charge is -2.22. The number of aliphatic carboxylic acids is 1. The van der Waals surface area contributed by atoms with Gasteiger partial charge in [0.2, 0.25) is 5.91 Å². The number of carboxylic acids is 1. The van der Waals surface area contributed by atoms with Crippen LogP contribution < -0.4 is 5.32 Å². The van der Waals surface area contributed by atoms with Gasteiger partial charge >= 0.3 is 5.97 Å². The number of carbonyl (C=O) groups excluding carboxylic acids is 1. The number of hydrogen-bond donors (Lipinski definition) is 2. The van der Waals surface area contributed by atoms with Gasteiger partial charge in [0.15, 0.2) is 0 Å². The van der Waals surface area contributed by atoms with E-state index in [0.29, 0.717) is 6.42 Å². The van der Waals surface area contributed by atoms with Crippen molar-refractivity contribution >= 4 is 11.9 Å². The molecule has 0 aliphatic rings. The van der Waals surface area contributed by atoms with Crippen LogP contribution in [-0.4, -0.2) is 23.5 Å². The molecule has 0 bridgehead atoms. The molecule has 1 amide bonds. The van der Waals surface area contributed by atoms with Gasteiger partial charge in [0, 0.05) is 6.42 Å². The Morgan fingerprint density at radius 2 is 1.93 bits per heavy atom. The van der Waals surface area contributed by atoms with Crippen molar-refractivity contribution in [3.63, 3.8) is 0 Å². The third kappa shape index (κ3) is 6.46. The van der Waals surface area contributed by atoms with Crippen LogP contribution in [0.2, 0.25) is 0 Å². The quantitative estimate of drug-likeness (QED) is 0.682. The highest BCUT2D eigenvalue weighted by atomic mass is 16.4. The van der Waals surface area contributed by atoms with E-state index < -0.39 is 5.97 Å². The molecule has 0 saturated carbocycles. The van der Waals surface area contributed by atoms with E-state index in [0.717, 1.165) is 12.8 Å². The van der Waals surface area contributed by atoms with E-state index in [1.54, 1.807) is 0 Å². The molecule has 4 nitrogen and oxygen atoms in total. The fraction of sp³-hybridized carbons (Fsp3) is 0.800. The van der Waals surface area contributed by atoms with Crippen LogP contribution in [0.25, 0.3) is 0 Å². The van der Waals surface area contributed by atoms with Crippen LogP contribution in [-0.2, 0) is 9.59 Å². The molecule has 0 spiro atoms. The predicted octanol–water partition coefficient (Wildman–Crippen LogP) is 1.40. The summed E-state index contributed by atoms with van der Waals surface area (Å²) < 4.78 is 0. The summed E-state index contributed by atoms with van der Waals surface area (Å²) in [4.78, 5) is 21.4. The molecule has 0 heterocycles. The molecule has 0 rings (SSSR count). The SMILES string of the molecule is CCCC(C)(C)CC(=O)NCC(=O)O. The lowest BCUT2D eigenvalue weighted by molar-refractivity contribution is -0.138. The van der Waals surface area contributed by atoms with Crippen LogP contribution in [0.4, 0.5) is 0 Å². The standard InChI is InChI=1S/C10H19NO3/c1-4-5-10(2,3)6-8(12)11-7-9(13)14/h4-7H2,1-3H3,(H,11,12)(H,13,14). The molecule has 4 heteroatoms. The van der Waals surface area contributed by atoms with Crippen molar-refractivity contribution in [1.29, 1.82) is 0 Å². The smallest absolute Gasteiger partial charge is 0.322 e. The van der Waals surface area contributed by atoms with Crippen LogP contribution >= 0.6 is 0 Å². The summed E-state index contributed by atoms with van der Waals surface area (Å²) >= 11 is 0. The molecular formula is C10H19NO3. The first-order valence-electron chi connectivity index (χ1n) is 4.86. The van der Waals surface area contributed by atoms with E-state index in [2.05, 4.69) is 12.2 Å². The molecule has 0 aliphatic carbocycles. The van der Waals surface area contributed by atoms with Crippen molar-refractivity contribution in [2.45, 2.75) is 40.0 Å². The predicted molar refractivity (Wildman–Crippen MR) is 54.0 cm³/mol. The van der Waals surface area contributed by atoms with Crippen molar-refractivity contribution in [1.82, 2.24) is 5.32 Å². The number of amides is 1. The van der Waals surface area contributed by atoms with E-state index in [9.17, 15) is 9.59 Å². The number of hydrogen-bond acceptors (Lipinski definition) is 2. The zero-order valence-electron chi connectivity index (χ0n) is 9.09. The fourth-order valence-electron chi connectivity index (χ4n) is 1.44. The van der Waals surface area contributed by atoms with Crippen molar-refractivity contribution in [3.05, 3.63) is 0 Å². The van der Waals surface area contributed by atoms with E-state index in [4.69, 9.17) is 5.11 Å².